The van der Waals surface area contributed by atoms with E-state index < -0.39 is 12.1 Å². The van der Waals surface area contributed by atoms with Gasteiger partial charge in [0, 0.05) is 30.5 Å². The molecule has 3 aromatic rings. The van der Waals surface area contributed by atoms with E-state index in [2.05, 4.69) is 26.5 Å². The summed E-state index contributed by atoms with van der Waals surface area (Å²) < 4.78 is 0. The third-order valence-corrected chi connectivity index (χ3v) is 6.97. The second-order valence-corrected chi connectivity index (χ2v) is 9.27. The molecule has 180 valence electrons. The van der Waals surface area contributed by atoms with Crippen LogP contribution in [0, 0.1) is 11.5 Å². The maximum absolute atomic E-state index is 14.1. The van der Waals surface area contributed by atoms with E-state index in [0.29, 0.717) is 24.0 Å². The summed E-state index contributed by atoms with van der Waals surface area (Å²) in [5.74, 6) is -0.301. The van der Waals surface area contributed by atoms with Crippen LogP contribution in [0.4, 0.5) is 5.95 Å². The Bertz CT molecular complexity index is 1200. The minimum absolute atomic E-state index is 0.0742. The third-order valence-electron chi connectivity index (χ3n) is 6.97. The van der Waals surface area contributed by atoms with Gasteiger partial charge in [-0.25, -0.2) is 4.98 Å². The number of nitrogens with zero attached hydrogens (tertiary/aromatic N) is 5. The molecule has 0 spiro atoms. The number of benzene rings is 1. The first kappa shape index (κ1) is 22.8. The molecule has 9 nitrogen and oxygen atoms in total. The third kappa shape index (κ3) is 4.69. The van der Waals surface area contributed by atoms with Crippen LogP contribution in [0.5, 0.6) is 0 Å². The van der Waals surface area contributed by atoms with Gasteiger partial charge in [0.15, 0.2) is 6.19 Å². The number of aromatic nitrogens is 3. The summed E-state index contributed by atoms with van der Waals surface area (Å²) in [6, 6.07) is 9.52. The fraction of sp³-hybridized carbons (Fsp3) is 0.423. The smallest absolute Gasteiger partial charge is 0.253 e. The Balaban J connectivity index is 1.59. The average molecular weight is 472 g/mol. The fourth-order valence-electron chi connectivity index (χ4n) is 5.19. The number of aromatic amines is 1. The molecule has 2 unspecified atom stereocenters. The lowest BCUT2D eigenvalue weighted by molar-refractivity contribution is -0.128. The molecule has 35 heavy (non-hydrogen) atoms. The van der Waals surface area contributed by atoms with E-state index in [0.717, 1.165) is 37.6 Å². The topological polar surface area (TPSA) is 118 Å². The van der Waals surface area contributed by atoms with E-state index >= 15 is 0 Å². The van der Waals surface area contributed by atoms with Crippen LogP contribution < -0.4 is 10.2 Å². The Hall–Kier alpha value is -3.93. The number of imidazole rings is 1. The number of rotatable bonds is 6. The lowest BCUT2D eigenvalue weighted by Crippen LogP contribution is -2.52. The number of para-hydroxylation sites is 2. The Labute approximate surface area is 204 Å². The Morgan fingerprint density at radius 1 is 1.11 bits per heavy atom. The number of anilines is 1. The lowest BCUT2D eigenvalue weighted by Gasteiger charge is -2.33. The van der Waals surface area contributed by atoms with Crippen LogP contribution in [-0.4, -0.2) is 50.3 Å². The largest absolute Gasteiger partial charge is 0.351 e. The van der Waals surface area contributed by atoms with Gasteiger partial charge in [-0.05, 0) is 43.9 Å². The molecule has 2 aromatic heterocycles. The van der Waals surface area contributed by atoms with E-state index in [1.54, 1.807) is 24.5 Å². The number of pyridine rings is 1. The van der Waals surface area contributed by atoms with Gasteiger partial charge in [-0.15, -0.1) is 0 Å². The number of nitrogens with one attached hydrogen (secondary N) is 2. The second-order valence-electron chi connectivity index (χ2n) is 9.27. The molecule has 0 bridgehead atoms. The van der Waals surface area contributed by atoms with E-state index in [4.69, 9.17) is 0 Å². The van der Waals surface area contributed by atoms with Crippen LogP contribution >= 0.6 is 0 Å². The first-order valence-electron chi connectivity index (χ1n) is 12.3. The zero-order chi connectivity index (χ0) is 24.2. The summed E-state index contributed by atoms with van der Waals surface area (Å²) in [5, 5.41) is 12.8. The molecule has 9 heteroatoms. The number of nitriles is 1. The van der Waals surface area contributed by atoms with Gasteiger partial charge in [0.1, 0.15) is 12.1 Å². The number of fused-ring (bicyclic) bond motifs is 1. The quantitative estimate of drug-likeness (QED) is 0.532. The monoisotopic (exact) mass is 471 g/mol. The summed E-state index contributed by atoms with van der Waals surface area (Å²) in [6.45, 7) is 0.521. The molecule has 2 atom stereocenters. The Kier molecular flexibility index (Phi) is 6.62. The van der Waals surface area contributed by atoms with Crippen molar-refractivity contribution in [2.75, 3.05) is 11.4 Å². The minimum atomic E-state index is -0.972. The molecule has 1 saturated carbocycles. The van der Waals surface area contributed by atoms with E-state index in [1.165, 1.54) is 16.2 Å². The van der Waals surface area contributed by atoms with Gasteiger partial charge in [-0.2, -0.15) is 5.26 Å². The summed E-state index contributed by atoms with van der Waals surface area (Å²) in [7, 11) is 0. The normalized spacial score (nSPS) is 19.3. The molecular formula is C26H29N7O2. The van der Waals surface area contributed by atoms with Crippen molar-refractivity contribution in [2.45, 2.75) is 63.1 Å². The van der Waals surface area contributed by atoms with Gasteiger partial charge in [-0.3, -0.25) is 24.4 Å². The van der Waals surface area contributed by atoms with Crippen molar-refractivity contribution in [2.24, 2.45) is 0 Å². The number of carbonyl (C=O) groups is 2. The van der Waals surface area contributed by atoms with Crippen molar-refractivity contribution in [1.82, 2.24) is 25.2 Å². The SMILES string of the molecule is N#CN1CCCC1C(=O)N(c1nc2ccccc2[nH]1)C(C(=O)NC1CCCCC1)c1cccnc1. The second kappa shape index (κ2) is 10.1. The zero-order valence-electron chi connectivity index (χ0n) is 19.6. The highest BCUT2D eigenvalue weighted by molar-refractivity contribution is 6.03. The highest BCUT2D eigenvalue weighted by atomic mass is 16.2. The number of amides is 2. The van der Waals surface area contributed by atoms with Gasteiger partial charge in [0.05, 0.1) is 11.0 Å². The molecule has 1 aliphatic carbocycles. The van der Waals surface area contributed by atoms with Gasteiger partial charge >= 0.3 is 0 Å². The van der Waals surface area contributed by atoms with Crippen LogP contribution in [-0.2, 0) is 9.59 Å². The minimum Gasteiger partial charge on any atom is -0.351 e. The Morgan fingerprint density at radius 2 is 1.94 bits per heavy atom. The molecule has 2 fully saturated rings. The van der Waals surface area contributed by atoms with Crippen LogP contribution in [0.25, 0.3) is 11.0 Å². The number of H-pyrrole nitrogens is 1. The van der Waals surface area contributed by atoms with Crippen LogP contribution in [0.3, 0.4) is 0 Å². The number of hydrogen-bond acceptors (Lipinski definition) is 6. The van der Waals surface area contributed by atoms with Crippen LogP contribution in [0.15, 0.2) is 48.8 Å². The molecule has 1 aromatic carbocycles. The summed E-state index contributed by atoms with van der Waals surface area (Å²) in [5.41, 5.74) is 2.05. The summed E-state index contributed by atoms with van der Waals surface area (Å²) >= 11 is 0. The highest BCUT2D eigenvalue weighted by Gasteiger charge is 2.42. The van der Waals surface area contributed by atoms with Crippen molar-refractivity contribution in [3.63, 3.8) is 0 Å². The first-order chi connectivity index (χ1) is 17.2. The van der Waals surface area contributed by atoms with E-state index in [-0.39, 0.29) is 23.8 Å². The molecule has 1 saturated heterocycles. The molecule has 2 N–H and O–H groups in total. The van der Waals surface area contributed by atoms with Crippen molar-refractivity contribution in [3.05, 3.63) is 54.4 Å². The van der Waals surface area contributed by atoms with Crippen molar-refractivity contribution < 1.29 is 9.59 Å². The number of hydrogen-bond donors (Lipinski definition) is 2. The molecule has 5 rings (SSSR count). The molecule has 3 heterocycles. The molecular weight excluding hydrogens is 442 g/mol. The van der Waals surface area contributed by atoms with Crippen LogP contribution in [0.1, 0.15) is 56.6 Å². The standard InChI is InChI=1S/C26H29N7O2/c27-17-32-15-7-13-22(32)25(35)33(26-30-20-11-4-5-12-21(20)31-26)23(18-8-6-14-28-16-18)24(34)29-19-9-2-1-3-10-19/h4-6,8,11-12,14,16,19,22-23H,1-3,7,9-10,13,15H2,(H,29,34)(H,30,31). The van der Waals surface area contributed by atoms with Gasteiger partial charge in [0.2, 0.25) is 11.9 Å². The van der Waals surface area contributed by atoms with Gasteiger partial charge < -0.3 is 10.3 Å². The Morgan fingerprint density at radius 3 is 2.69 bits per heavy atom. The van der Waals surface area contributed by atoms with Gasteiger partial charge in [0.25, 0.3) is 5.91 Å². The maximum Gasteiger partial charge on any atom is 0.253 e. The molecule has 1 aliphatic heterocycles. The van der Waals surface area contributed by atoms with Crippen molar-refractivity contribution in [3.8, 4) is 6.19 Å². The van der Waals surface area contributed by atoms with Crippen molar-refractivity contribution in [1.29, 1.82) is 5.26 Å². The van der Waals surface area contributed by atoms with Crippen molar-refractivity contribution >= 4 is 28.8 Å². The highest BCUT2D eigenvalue weighted by Crippen LogP contribution is 2.31. The maximum atomic E-state index is 14.1. The first-order valence-corrected chi connectivity index (χ1v) is 12.3. The molecule has 0 radical (unpaired) electrons. The lowest BCUT2D eigenvalue weighted by atomic mass is 9.94. The van der Waals surface area contributed by atoms with E-state index in [9.17, 15) is 14.9 Å². The van der Waals surface area contributed by atoms with Gasteiger partial charge in [-0.1, -0.05) is 37.5 Å². The summed E-state index contributed by atoms with van der Waals surface area (Å²) in [4.78, 5) is 43.0. The fourth-order valence-corrected chi connectivity index (χ4v) is 5.19. The average Bonchev–Trinajstić information content (AvgIpc) is 3.54. The molecule has 2 amide bonds. The summed E-state index contributed by atoms with van der Waals surface area (Å²) in [6.07, 6.45) is 11.9. The van der Waals surface area contributed by atoms with Crippen LogP contribution in [0.2, 0.25) is 0 Å². The molecule has 2 aliphatic rings. The predicted molar refractivity (Wildman–Crippen MR) is 131 cm³/mol. The van der Waals surface area contributed by atoms with E-state index in [1.807, 2.05) is 24.3 Å². The number of carbonyl (C=O) groups excluding carboxylic acids is 2. The number of likely N-dealkylation sites (tertiary alicyclic amines) is 1. The zero-order valence-corrected chi connectivity index (χ0v) is 19.6. The predicted octanol–water partition coefficient (Wildman–Crippen LogP) is 3.43.